The Morgan fingerprint density at radius 3 is 2.60 bits per heavy atom. The summed E-state index contributed by atoms with van der Waals surface area (Å²) in [5, 5.41) is 2.94. The summed E-state index contributed by atoms with van der Waals surface area (Å²) in [5.41, 5.74) is 0. The fraction of sp³-hybridized carbons (Fsp3) is 0.909. The van der Waals surface area contributed by atoms with Gasteiger partial charge < -0.3 is 10.1 Å². The standard InChI is InChI=1S/C11H22N2O2/c1-8(2)12-11(14)10-7-15-6-5-13(10)9(3)4/h8-10H,5-7H2,1-4H3,(H,12,14). The third-order valence-corrected chi connectivity index (χ3v) is 2.57. The molecule has 0 spiro atoms. The maximum absolute atomic E-state index is 11.9. The highest BCUT2D eigenvalue weighted by Crippen LogP contribution is 2.11. The van der Waals surface area contributed by atoms with Crippen LogP contribution >= 0.6 is 0 Å². The first-order chi connectivity index (χ1) is 7.02. The van der Waals surface area contributed by atoms with Gasteiger partial charge in [-0.15, -0.1) is 0 Å². The number of hydrogen-bond acceptors (Lipinski definition) is 3. The zero-order valence-electron chi connectivity index (χ0n) is 10.1. The van der Waals surface area contributed by atoms with Crippen LogP contribution in [0.3, 0.4) is 0 Å². The van der Waals surface area contributed by atoms with Gasteiger partial charge in [0.05, 0.1) is 13.2 Å². The van der Waals surface area contributed by atoms with Crippen molar-refractivity contribution in [2.24, 2.45) is 0 Å². The van der Waals surface area contributed by atoms with E-state index in [0.29, 0.717) is 12.6 Å². The van der Waals surface area contributed by atoms with E-state index in [4.69, 9.17) is 4.74 Å². The van der Waals surface area contributed by atoms with Crippen LogP contribution in [-0.4, -0.2) is 48.7 Å². The summed E-state index contributed by atoms with van der Waals surface area (Å²) < 4.78 is 5.36. The van der Waals surface area contributed by atoms with Gasteiger partial charge in [0, 0.05) is 18.6 Å². The fourth-order valence-corrected chi connectivity index (χ4v) is 1.84. The molecular weight excluding hydrogens is 192 g/mol. The zero-order chi connectivity index (χ0) is 11.4. The lowest BCUT2D eigenvalue weighted by Gasteiger charge is -2.37. The van der Waals surface area contributed by atoms with Gasteiger partial charge in [-0.3, -0.25) is 9.69 Å². The fourth-order valence-electron chi connectivity index (χ4n) is 1.84. The van der Waals surface area contributed by atoms with E-state index in [-0.39, 0.29) is 18.0 Å². The molecule has 0 radical (unpaired) electrons. The highest BCUT2D eigenvalue weighted by atomic mass is 16.5. The quantitative estimate of drug-likeness (QED) is 0.749. The average Bonchev–Trinajstić information content (AvgIpc) is 2.16. The van der Waals surface area contributed by atoms with Gasteiger partial charge in [0.25, 0.3) is 0 Å². The lowest BCUT2D eigenvalue weighted by atomic mass is 10.1. The molecule has 0 aromatic rings. The highest BCUT2D eigenvalue weighted by Gasteiger charge is 2.30. The smallest absolute Gasteiger partial charge is 0.239 e. The molecule has 0 aliphatic carbocycles. The SMILES string of the molecule is CC(C)NC(=O)C1COCCN1C(C)C. The van der Waals surface area contributed by atoms with Crippen LogP contribution in [-0.2, 0) is 9.53 Å². The van der Waals surface area contributed by atoms with E-state index in [1.807, 2.05) is 13.8 Å². The number of ether oxygens (including phenoxy) is 1. The summed E-state index contributed by atoms with van der Waals surface area (Å²) in [4.78, 5) is 14.1. The first-order valence-electron chi connectivity index (χ1n) is 5.66. The second-order valence-corrected chi connectivity index (χ2v) is 4.59. The van der Waals surface area contributed by atoms with Crippen LogP contribution in [0.1, 0.15) is 27.7 Å². The molecule has 1 rings (SSSR count). The molecule has 1 unspecified atom stereocenters. The van der Waals surface area contributed by atoms with E-state index >= 15 is 0 Å². The Balaban J connectivity index is 2.59. The molecule has 1 aliphatic heterocycles. The Bertz CT molecular complexity index is 217. The van der Waals surface area contributed by atoms with Crippen LogP contribution in [0.25, 0.3) is 0 Å². The van der Waals surface area contributed by atoms with E-state index < -0.39 is 0 Å². The molecule has 1 N–H and O–H groups in total. The van der Waals surface area contributed by atoms with Crippen molar-refractivity contribution in [2.45, 2.75) is 45.8 Å². The van der Waals surface area contributed by atoms with Crippen molar-refractivity contribution < 1.29 is 9.53 Å². The molecule has 0 aromatic carbocycles. The van der Waals surface area contributed by atoms with E-state index in [9.17, 15) is 4.79 Å². The summed E-state index contributed by atoms with van der Waals surface area (Å²) in [5.74, 6) is 0.0819. The Morgan fingerprint density at radius 1 is 1.40 bits per heavy atom. The molecule has 1 atom stereocenters. The first-order valence-corrected chi connectivity index (χ1v) is 5.66. The molecule has 1 saturated heterocycles. The number of nitrogens with zero attached hydrogens (tertiary/aromatic N) is 1. The lowest BCUT2D eigenvalue weighted by Crippen LogP contribution is -2.56. The molecule has 4 heteroatoms. The van der Waals surface area contributed by atoms with Crippen LogP contribution in [0.4, 0.5) is 0 Å². The minimum Gasteiger partial charge on any atom is -0.378 e. The molecule has 0 aromatic heterocycles. The van der Waals surface area contributed by atoms with Crippen molar-refractivity contribution in [3.05, 3.63) is 0 Å². The van der Waals surface area contributed by atoms with E-state index in [1.54, 1.807) is 0 Å². The van der Waals surface area contributed by atoms with Crippen molar-refractivity contribution in [1.29, 1.82) is 0 Å². The van der Waals surface area contributed by atoms with Crippen LogP contribution in [0.15, 0.2) is 0 Å². The Morgan fingerprint density at radius 2 is 2.07 bits per heavy atom. The summed E-state index contributed by atoms with van der Waals surface area (Å²) >= 11 is 0. The minimum absolute atomic E-state index is 0.0819. The van der Waals surface area contributed by atoms with Crippen molar-refractivity contribution in [1.82, 2.24) is 10.2 Å². The van der Waals surface area contributed by atoms with Gasteiger partial charge in [0.1, 0.15) is 6.04 Å². The largest absolute Gasteiger partial charge is 0.378 e. The van der Waals surface area contributed by atoms with Crippen LogP contribution in [0, 0.1) is 0 Å². The summed E-state index contributed by atoms with van der Waals surface area (Å²) in [6.45, 7) is 10.2. The van der Waals surface area contributed by atoms with Gasteiger partial charge in [0.2, 0.25) is 5.91 Å². The Hall–Kier alpha value is -0.610. The second-order valence-electron chi connectivity index (χ2n) is 4.59. The zero-order valence-corrected chi connectivity index (χ0v) is 10.1. The molecule has 1 aliphatic rings. The number of rotatable bonds is 3. The number of amides is 1. The summed E-state index contributed by atoms with van der Waals surface area (Å²) in [7, 11) is 0. The number of carbonyl (C=O) groups is 1. The van der Waals surface area contributed by atoms with Crippen molar-refractivity contribution in [2.75, 3.05) is 19.8 Å². The topological polar surface area (TPSA) is 41.6 Å². The normalized spacial score (nSPS) is 23.5. The molecule has 0 saturated carbocycles. The number of morpholine rings is 1. The molecule has 1 heterocycles. The van der Waals surface area contributed by atoms with E-state index in [2.05, 4.69) is 24.1 Å². The third-order valence-electron chi connectivity index (χ3n) is 2.57. The Kier molecular flexibility index (Phi) is 4.54. The van der Waals surface area contributed by atoms with Crippen LogP contribution in [0.5, 0.6) is 0 Å². The van der Waals surface area contributed by atoms with Gasteiger partial charge in [0.15, 0.2) is 0 Å². The highest BCUT2D eigenvalue weighted by molar-refractivity contribution is 5.82. The lowest BCUT2D eigenvalue weighted by molar-refractivity contribution is -0.134. The van der Waals surface area contributed by atoms with Gasteiger partial charge in [-0.2, -0.15) is 0 Å². The van der Waals surface area contributed by atoms with Gasteiger partial charge in [-0.05, 0) is 27.7 Å². The van der Waals surface area contributed by atoms with Crippen LogP contribution < -0.4 is 5.32 Å². The van der Waals surface area contributed by atoms with Crippen molar-refractivity contribution in [3.8, 4) is 0 Å². The molecular formula is C11H22N2O2. The average molecular weight is 214 g/mol. The maximum atomic E-state index is 11.9. The third kappa shape index (κ3) is 3.47. The second kappa shape index (κ2) is 5.47. The van der Waals surface area contributed by atoms with Crippen LogP contribution in [0.2, 0.25) is 0 Å². The molecule has 1 fully saturated rings. The molecule has 4 nitrogen and oxygen atoms in total. The van der Waals surface area contributed by atoms with Crippen molar-refractivity contribution in [3.63, 3.8) is 0 Å². The summed E-state index contributed by atoms with van der Waals surface area (Å²) in [6.07, 6.45) is 0. The van der Waals surface area contributed by atoms with Gasteiger partial charge in [-0.25, -0.2) is 0 Å². The predicted octanol–water partition coefficient (Wildman–Crippen LogP) is 0.620. The van der Waals surface area contributed by atoms with E-state index in [1.165, 1.54) is 0 Å². The molecule has 15 heavy (non-hydrogen) atoms. The Labute approximate surface area is 92.0 Å². The molecule has 1 amide bonds. The monoisotopic (exact) mass is 214 g/mol. The summed E-state index contributed by atoms with van der Waals surface area (Å²) in [6, 6.07) is 0.450. The minimum atomic E-state index is -0.124. The maximum Gasteiger partial charge on any atom is 0.239 e. The van der Waals surface area contributed by atoms with Crippen molar-refractivity contribution >= 4 is 5.91 Å². The molecule has 0 bridgehead atoms. The number of carbonyl (C=O) groups excluding carboxylic acids is 1. The predicted molar refractivity (Wildman–Crippen MR) is 59.7 cm³/mol. The van der Waals surface area contributed by atoms with Gasteiger partial charge >= 0.3 is 0 Å². The number of hydrogen-bond donors (Lipinski definition) is 1. The van der Waals surface area contributed by atoms with E-state index in [0.717, 1.165) is 13.2 Å². The van der Waals surface area contributed by atoms with Gasteiger partial charge in [-0.1, -0.05) is 0 Å². The molecule has 88 valence electrons. The first kappa shape index (κ1) is 12.5. The number of nitrogens with one attached hydrogen (secondary N) is 1.